The SMILES string of the molecule is CCc1ncnc(N2CCC(C(O)C(F)(F)F)CC2)c1F. The van der Waals surface area contributed by atoms with Gasteiger partial charge in [0, 0.05) is 13.1 Å². The Morgan fingerprint density at radius 3 is 2.48 bits per heavy atom. The van der Waals surface area contributed by atoms with Gasteiger partial charge in [0.1, 0.15) is 6.33 Å². The van der Waals surface area contributed by atoms with Crippen molar-refractivity contribution in [2.45, 2.75) is 38.5 Å². The van der Waals surface area contributed by atoms with Crippen molar-refractivity contribution >= 4 is 5.82 Å². The highest BCUT2D eigenvalue weighted by Gasteiger charge is 2.44. The number of hydrogen-bond donors (Lipinski definition) is 1. The maximum absolute atomic E-state index is 14.1. The van der Waals surface area contributed by atoms with E-state index in [9.17, 15) is 22.7 Å². The minimum Gasteiger partial charge on any atom is -0.383 e. The molecule has 118 valence electrons. The molecule has 0 spiro atoms. The van der Waals surface area contributed by atoms with Crippen LogP contribution in [0.3, 0.4) is 0 Å². The van der Waals surface area contributed by atoms with Crippen LogP contribution in [-0.2, 0) is 6.42 Å². The summed E-state index contributed by atoms with van der Waals surface area (Å²) in [5, 5.41) is 9.26. The number of aromatic nitrogens is 2. The van der Waals surface area contributed by atoms with Crippen molar-refractivity contribution in [1.82, 2.24) is 9.97 Å². The van der Waals surface area contributed by atoms with Gasteiger partial charge in [0.05, 0.1) is 5.69 Å². The summed E-state index contributed by atoms with van der Waals surface area (Å²) < 4.78 is 51.5. The molecule has 1 aromatic rings. The van der Waals surface area contributed by atoms with E-state index in [4.69, 9.17) is 0 Å². The zero-order chi connectivity index (χ0) is 15.6. The molecule has 0 radical (unpaired) electrons. The highest BCUT2D eigenvalue weighted by atomic mass is 19.4. The molecule has 0 bridgehead atoms. The maximum Gasteiger partial charge on any atom is 0.414 e. The number of alkyl halides is 3. The normalized spacial score (nSPS) is 18.9. The molecule has 1 fully saturated rings. The van der Waals surface area contributed by atoms with Gasteiger partial charge in [0.2, 0.25) is 0 Å². The molecule has 0 aliphatic carbocycles. The standard InChI is InChI=1S/C13H17F4N3O/c1-2-9-10(14)12(19-7-18-9)20-5-3-8(4-6-20)11(21)13(15,16)17/h7-8,11,21H,2-6H2,1H3. The van der Waals surface area contributed by atoms with Gasteiger partial charge in [-0.25, -0.2) is 14.4 Å². The third-order valence-corrected chi connectivity index (χ3v) is 3.80. The molecule has 1 N–H and O–H groups in total. The highest BCUT2D eigenvalue weighted by Crippen LogP contribution is 2.33. The topological polar surface area (TPSA) is 49.2 Å². The van der Waals surface area contributed by atoms with Gasteiger partial charge in [0.15, 0.2) is 17.7 Å². The van der Waals surface area contributed by atoms with E-state index in [1.165, 1.54) is 6.33 Å². The van der Waals surface area contributed by atoms with Crippen molar-refractivity contribution in [2.24, 2.45) is 5.92 Å². The average Bonchev–Trinajstić information content (AvgIpc) is 2.46. The first-order valence-corrected chi connectivity index (χ1v) is 6.83. The Morgan fingerprint density at radius 1 is 1.33 bits per heavy atom. The van der Waals surface area contributed by atoms with Crippen molar-refractivity contribution in [1.29, 1.82) is 0 Å². The van der Waals surface area contributed by atoms with Gasteiger partial charge in [-0.1, -0.05) is 6.92 Å². The smallest absolute Gasteiger partial charge is 0.383 e. The molecule has 2 rings (SSSR count). The van der Waals surface area contributed by atoms with Gasteiger partial charge in [-0.2, -0.15) is 13.2 Å². The predicted molar refractivity (Wildman–Crippen MR) is 68.4 cm³/mol. The van der Waals surface area contributed by atoms with Crippen molar-refractivity contribution in [3.05, 3.63) is 17.8 Å². The van der Waals surface area contributed by atoms with Gasteiger partial charge < -0.3 is 10.0 Å². The van der Waals surface area contributed by atoms with E-state index in [-0.39, 0.29) is 37.4 Å². The minimum atomic E-state index is -4.61. The second kappa shape index (κ2) is 6.13. The van der Waals surface area contributed by atoms with Crippen LogP contribution >= 0.6 is 0 Å². The van der Waals surface area contributed by atoms with E-state index in [0.717, 1.165) is 0 Å². The Balaban J connectivity index is 2.05. The molecule has 0 aromatic carbocycles. The van der Waals surface area contributed by atoms with Gasteiger partial charge in [-0.05, 0) is 25.2 Å². The summed E-state index contributed by atoms with van der Waals surface area (Å²) in [6, 6.07) is 0. The Bertz CT molecular complexity index is 487. The van der Waals surface area contributed by atoms with Crippen molar-refractivity contribution < 1.29 is 22.7 Å². The molecule has 0 saturated carbocycles. The Morgan fingerprint density at radius 2 is 1.95 bits per heavy atom. The van der Waals surface area contributed by atoms with Crippen LogP contribution in [0, 0.1) is 11.7 Å². The Hall–Kier alpha value is -1.44. The lowest BCUT2D eigenvalue weighted by atomic mass is 9.91. The fraction of sp³-hybridized carbons (Fsp3) is 0.692. The zero-order valence-electron chi connectivity index (χ0n) is 11.6. The molecule has 1 atom stereocenters. The molecule has 1 aromatic heterocycles. The molecule has 1 unspecified atom stereocenters. The molecule has 1 saturated heterocycles. The van der Waals surface area contributed by atoms with Gasteiger partial charge in [-0.15, -0.1) is 0 Å². The number of nitrogens with zero attached hydrogens (tertiary/aromatic N) is 3. The van der Waals surface area contributed by atoms with E-state index in [0.29, 0.717) is 6.42 Å². The monoisotopic (exact) mass is 307 g/mol. The minimum absolute atomic E-state index is 0.127. The van der Waals surface area contributed by atoms with E-state index in [2.05, 4.69) is 9.97 Å². The number of rotatable bonds is 3. The van der Waals surface area contributed by atoms with Gasteiger partial charge >= 0.3 is 6.18 Å². The van der Waals surface area contributed by atoms with Crippen LogP contribution < -0.4 is 4.90 Å². The third-order valence-electron chi connectivity index (χ3n) is 3.80. The molecule has 1 aliphatic heterocycles. The number of halogens is 4. The summed E-state index contributed by atoms with van der Waals surface area (Å²) in [4.78, 5) is 9.32. The van der Waals surface area contributed by atoms with E-state index in [1.54, 1.807) is 11.8 Å². The van der Waals surface area contributed by atoms with Crippen LogP contribution in [0.5, 0.6) is 0 Å². The average molecular weight is 307 g/mol. The summed E-state index contributed by atoms with van der Waals surface area (Å²) >= 11 is 0. The molecule has 0 amide bonds. The largest absolute Gasteiger partial charge is 0.414 e. The summed E-state index contributed by atoms with van der Waals surface area (Å²) in [7, 11) is 0. The quantitative estimate of drug-likeness (QED) is 0.871. The lowest BCUT2D eigenvalue weighted by molar-refractivity contribution is -0.221. The number of aliphatic hydroxyl groups excluding tert-OH is 1. The molecule has 4 nitrogen and oxygen atoms in total. The summed E-state index contributed by atoms with van der Waals surface area (Å²) in [6.45, 7) is 2.23. The predicted octanol–water partition coefficient (Wildman–Crippen LogP) is 2.32. The zero-order valence-corrected chi connectivity index (χ0v) is 11.6. The maximum atomic E-state index is 14.1. The van der Waals surface area contributed by atoms with Gasteiger partial charge in [0.25, 0.3) is 0 Å². The second-order valence-corrected chi connectivity index (χ2v) is 5.12. The van der Waals surface area contributed by atoms with Crippen molar-refractivity contribution in [3.8, 4) is 0 Å². The van der Waals surface area contributed by atoms with E-state index < -0.39 is 24.0 Å². The summed E-state index contributed by atoms with van der Waals surface area (Å²) in [6.07, 6.45) is -4.96. The fourth-order valence-electron chi connectivity index (χ4n) is 2.56. The summed E-state index contributed by atoms with van der Waals surface area (Å²) in [5.41, 5.74) is 0.289. The molecule has 21 heavy (non-hydrogen) atoms. The molecule has 8 heteroatoms. The van der Waals surface area contributed by atoms with E-state index in [1.807, 2.05) is 0 Å². The Kier molecular flexibility index (Phi) is 4.65. The first kappa shape index (κ1) is 15.9. The second-order valence-electron chi connectivity index (χ2n) is 5.12. The van der Waals surface area contributed by atoms with Crippen LogP contribution in [0.2, 0.25) is 0 Å². The first-order valence-electron chi connectivity index (χ1n) is 6.83. The number of anilines is 1. The molecule has 2 heterocycles. The third kappa shape index (κ3) is 3.42. The number of hydrogen-bond acceptors (Lipinski definition) is 4. The van der Waals surface area contributed by atoms with Crippen LogP contribution in [-0.4, -0.2) is 40.4 Å². The lowest BCUT2D eigenvalue weighted by Crippen LogP contribution is -2.43. The van der Waals surface area contributed by atoms with Crippen LogP contribution in [0.25, 0.3) is 0 Å². The Labute approximate surface area is 119 Å². The van der Waals surface area contributed by atoms with Crippen molar-refractivity contribution in [2.75, 3.05) is 18.0 Å². The van der Waals surface area contributed by atoms with Gasteiger partial charge in [-0.3, -0.25) is 0 Å². The molecular weight excluding hydrogens is 290 g/mol. The fourth-order valence-corrected chi connectivity index (χ4v) is 2.56. The van der Waals surface area contributed by atoms with Crippen LogP contribution in [0.4, 0.5) is 23.4 Å². The first-order chi connectivity index (χ1) is 9.84. The molecular formula is C13H17F4N3O. The van der Waals surface area contributed by atoms with Crippen LogP contribution in [0.15, 0.2) is 6.33 Å². The molecule has 1 aliphatic rings. The van der Waals surface area contributed by atoms with Crippen LogP contribution in [0.1, 0.15) is 25.5 Å². The number of piperidine rings is 1. The highest BCUT2D eigenvalue weighted by molar-refractivity contribution is 5.41. The summed E-state index contributed by atoms with van der Waals surface area (Å²) in [5.74, 6) is -1.24. The van der Waals surface area contributed by atoms with E-state index >= 15 is 0 Å². The lowest BCUT2D eigenvalue weighted by Gasteiger charge is -2.35. The van der Waals surface area contributed by atoms with Crippen molar-refractivity contribution in [3.63, 3.8) is 0 Å². The number of aryl methyl sites for hydroxylation is 1. The number of aliphatic hydroxyl groups is 1.